The van der Waals surface area contributed by atoms with Crippen LogP contribution in [0.25, 0.3) is 0 Å². The molecule has 0 bridgehead atoms. The Hall–Kier alpha value is -4.16. The number of nitriles is 1. The Morgan fingerprint density at radius 3 is 2.44 bits per heavy atom. The van der Waals surface area contributed by atoms with Crippen LogP contribution < -0.4 is 14.4 Å². The van der Waals surface area contributed by atoms with Crippen LogP contribution in [0.5, 0.6) is 11.5 Å². The van der Waals surface area contributed by atoms with Gasteiger partial charge >= 0.3 is 5.97 Å². The molecule has 2 aromatic carbocycles. The zero-order valence-electron chi connectivity index (χ0n) is 25.0. The summed E-state index contributed by atoms with van der Waals surface area (Å²) in [5, 5.41) is 9.05. The molecule has 2 fully saturated rings. The number of esters is 1. The van der Waals surface area contributed by atoms with Crippen molar-refractivity contribution >= 4 is 23.2 Å². The van der Waals surface area contributed by atoms with Gasteiger partial charge in [0.05, 0.1) is 28.3 Å². The molecule has 2 saturated heterocycles. The van der Waals surface area contributed by atoms with Gasteiger partial charge in [-0.2, -0.15) is 5.26 Å². The average Bonchev–Trinajstić information content (AvgIpc) is 3.77. The fourth-order valence-corrected chi connectivity index (χ4v) is 7.90. The lowest BCUT2D eigenvalue weighted by atomic mass is 9.60. The average molecular weight is 582 g/mol. The third-order valence-corrected chi connectivity index (χ3v) is 10.3. The van der Waals surface area contributed by atoms with Crippen LogP contribution in [0.15, 0.2) is 35.4 Å². The van der Waals surface area contributed by atoms with Gasteiger partial charge in [-0.3, -0.25) is 14.5 Å². The highest BCUT2D eigenvalue weighted by atomic mass is 16.5. The number of fused-ring (bicyclic) bond motifs is 5. The first-order valence-corrected chi connectivity index (χ1v) is 15.1. The molecule has 222 valence electrons. The molecule has 1 aliphatic carbocycles. The first-order valence-electron chi connectivity index (χ1n) is 15.1. The molecular weight excluding hydrogens is 546 g/mol. The van der Waals surface area contributed by atoms with Crippen LogP contribution in [0, 0.1) is 30.6 Å². The van der Waals surface area contributed by atoms with Gasteiger partial charge in [-0.1, -0.05) is 0 Å². The van der Waals surface area contributed by atoms with Crippen molar-refractivity contribution in [3.05, 3.63) is 63.2 Å². The van der Waals surface area contributed by atoms with E-state index in [0.717, 1.165) is 60.4 Å². The molecule has 4 aliphatic heterocycles. The number of anilines is 1. The van der Waals surface area contributed by atoms with Crippen molar-refractivity contribution in [2.75, 3.05) is 31.1 Å². The summed E-state index contributed by atoms with van der Waals surface area (Å²) in [6.45, 7) is 9.43. The number of likely N-dealkylation sites (tertiary alicyclic amines) is 1. The monoisotopic (exact) mass is 581 g/mol. The number of ketones is 2. The minimum atomic E-state index is -1.49. The SMILES string of the molecule is CC1=C(COC(=O)c2ccc(C#N)cc2)C(=O)C2(C)Cc3c(C)c4c(c(C)c3OC2(N2CCCC2)C1=O)N1CCCC1O4. The van der Waals surface area contributed by atoms with Gasteiger partial charge in [0.1, 0.15) is 18.1 Å². The van der Waals surface area contributed by atoms with E-state index in [1.807, 2.05) is 26.8 Å². The summed E-state index contributed by atoms with van der Waals surface area (Å²) in [6.07, 6.45) is 4.16. The number of benzene rings is 2. The molecular formula is C34H35N3O6. The largest absolute Gasteiger partial charge is 0.468 e. The molecule has 2 aromatic rings. The summed E-state index contributed by atoms with van der Waals surface area (Å²) < 4.78 is 19.0. The maximum absolute atomic E-state index is 14.7. The number of ether oxygens (including phenoxy) is 3. The fraction of sp³-hybridized carbons (Fsp3) is 0.471. The zero-order chi connectivity index (χ0) is 30.3. The van der Waals surface area contributed by atoms with Crippen LogP contribution in [-0.2, 0) is 20.7 Å². The lowest BCUT2D eigenvalue weighted by Crippen LogP contribution is -2.73. The summed E-state index contributed by atoms with van der Waals surface area (Å²) in [5.41, 5.74) is 2.23. The summed E-state index contributed by atoms with van der Waals surface area (Å²) in [5.74, 6) is 0.408. The minimum absolute atomic E-state index is 0.00577. The highest BCUT2D eigenvalue weighted by Crippen LogP contribution is 2.59. The van der Waals surface area contributed by atoms with E-state index in [1.54, 1.807) is 6.92 Å². The predicted octanol–water partition coefficient (Wildman–Crippen LogP) is 4.55. The molecule has 3 unspecified atom stereocenters. The van der Waals surface area contributed by atoms with Gasteiger partial charge in [0.15, 0.2) is 12.0 Å². The quantitative estimate of drug-likeness (QED) is 0.480. The minimum Gasteiger partial charge on any atom is -0.468 e. The zero-order valence-corrected chi connectivity index (χ0v) is 25.0. The van der Waals surface area contributed by atoms with Crippen LogP contribution in [0.4, 0.5) is 5.69 Å². The van der Waals surface area contributed by atoms with Gasteiger partial charge < -0.3 is 19.1 Å². The Labute approximate surface area is 251 Å². The Kier molecular flexibility index (Phi) is 6.23. The van der Waals surface area contributed by atoms with Gasteiger partial charge in [0.25, 0.3) is 0 Å². The Morgan fingerprint density at radius 1 is 1.02 bits per heavy atom. The van der Waals surface area contributed by atoms with Crippen LogP contribution >= 0.6 is 0 Å². The fourth-order valence-electron chi connectivity index (χ4n) is 7.90. The smallest absolute Gasteiger partial charge is 0.338 e. The Morgan fingerprint density at radius 2 is 1.74 bits per heavy atom. The molecule has 0 radical (unpaired) electrons. The van der Waals surface area contributed by atoms with Crippen molar-refractivity contribution < 1.29 is 28.6 Å². The van der Waals surface area contributed by atoms with E-state index in [9.17, 15) is 14.4 Å². The maximum Gasteiger partial charge on any atom is 0.338 e. The number of Topliss-reactive ketones (excluding diaryl/α,β-unsaturated/α-hetero) is 2. The van der Waals surface area contributed by atoms with Gasteiger partial charge in [-0.15, -0.1) is 0 Å². The molecule has 0 spiro atoms. The standard InChI is InChI=1S/C34H35N3O6/c1-19-24-16-33(4)31(39)25(18-41-32(40)23-11-9-22(17-35)10-12-23)20(2)30(38)34(33,36-13-5-6-14-36)43-28(24)21(3)27-29(19)42-26-8-7-15-37(26)27/h9-12,26H,5-8,13-16,18H2,1-4H3. The number of carbonyl (C=O) groups excluding carboxylic acids is 3. The molecule has 0 aromatic heterocycles. The van der Waals surface area contributed by atoms with E-state index < -0.39 is 17.1 Å². The number of carbonyl (C=O) groups is 3. The molecule has 4 heterocycles. The summed E-state index contributed by atoms with van der Waals surface area (Å²) in [4.78, 5) is 46.5. The number of hydrogen-bond donors (Lipinski definition) is 0. The van der Waals surface area contributed by atoms with E-state index in [2.05, 4.69) is 9.80 Å². The van der Waals surface area contributed by atoms with Crippen LogP contribution in [0.2, 0.25) is 0 Å². The maximum atomic E-state index is 14.7. The second kappa shape index (κ2) is 9.68. The third kappa shape index (κ3) is 3.69. The van der Waals surface area contributed by atoms with Gasteiger partial charge in [0.2, 0.25) is 11.5 Å². The molecule has 9 nitrogen and oxygen atoms in total. The number of hydrogen-bond acceptors (Lipinski definition) is 9. The number of rotatable bonds is 4. The van der Waals surface area contributed by atoms with Crippen molar-refractivity contribution in [2.24, 2.45) is 5.41 Å². The van der Waals surface area contributed by atoms with Crippen molar-refractivity contribution in [3.8, 4) is 17.6 Å². The van der Waals surface area contributed by atoms with Crippen molar-refractivity contribution in [1.82, 2.24) is 4.90 Å². The normalized spacial score (nSPS) is 27.6. The Bertz CT molecular complexity index is 1660. The second-order valence-electron chi connectivity index (χ2n) is 12.6. The molecule has 9 heteroatoms. The van der Waals surface area contributed by atoms with Gasteiger partial charge in [-0.05, 0) is 77.6 Å². The lowest BCUT2D eigenvalue weighted by molar-refractivity contribution is -0.189. The van der Waals surface area contributed by atoms with E-state index in [0.29, 0.717) is 30.8 Å². The molecule has 0 amide bonds. The summed E-state index contributed by atoms with van der Waals surface area (Å²) in [7, 11) is 0. The van der Waals surface area contributed by atoms with Crippen LogP contribution in [0.3, 0.4) is 0 Å². The molecule has 0 N–H and O–H groups in total. The van der Waals surface area contributed by atoms with Crippen LogP contribution in [-0.4, -0.2) is 60.6 Å². The molecule has 3 atom stereocenters. The topological polar surface area (TPSA) is 109 Å². The first-order chi connectivity index (χ1) is 20.6. The highest BCUT2D eigenvalue weighted by Gasteiger charge is 2.69. The molecule has 43 heavy (non-hydrogen) atoms. The first kappa shape index (κ1) is 27.7. The second-order valence-corrected chi connectivity index (χ2v) is 12.6. The molecule has 0 saturated carbocycles. The lowest BCUT2D eigenvalue weighted by Gasteiger charge is -2.56. The van der Waals surface area contributed by atoms with Crippen molar-refractivity contribution in [2.45, 2.75) is 71.8 Å². The summed E-state index contributed by atoms with van der Waals surface area (Å²) >= 11 is 0. The van der Waals surface area contributed by atoms with Crippen molar-refractivity contribution in [1.29, 1.82) is 5.26 Å². The third-order valence-electron chi connectivity index (χ3n) is 10.3. The summed E-state index contributed by atoms with van der Waals surface area (Å²) in [6, 6.07) is 8.12. The van der Waals surface area contributed by atoms with E-state index >= 15 is 0 Å². The molecule has 5 aliphatic rings. The molecule has 7 rings (SSSR count). The van der Waals surface area contributed by atoms with Crippen molar-refractivity contribution in [3.63, 3.8) is 0 Å². The van der Waals surface area contributed by atoms with E-state index in [4.69, 9.17) is 19.5 Å². The Balaban J connectivity index is 1.30. The number of nitrogens with zero attached hydrogens (tertiary/aromatic N) is 3. The van der Waals surface area contributed by atoms with Crippen LogP contribution in [0.1, 0.15) is 72.1 Å². The van der Waals surface area contributed by atoms with Gasteiger partial charge in [-0.25, -0.2) is 4.79 Å². The highest BCUT2D eigenvalue weighted by molar-refractivity contribution is 6.19. The van der Waals surface area contributed by atoms with E-state index in [-0.39, 0.29) is 41.1 Å². The van der Waals surface area contributed by atoms with E-state index in [1.165, 1.54) is 24.3 Å². The van der Waals surface area contributed by atoms with Gasteiger partial charge in [0, 0.05) is 53.9 Å². The predicted molar refractivity (Wildman–Crippen MR) is 157 cm³/mol.